The van der Waals surface area contributed by atoms with Gasteiger partial charge >= 0.3 is 0 Å². The number of methoxy groups -OCH3 is 1. The lowest BCUT2D eigenvalue weighted by molar-refractivity contribution is 0.0328. The van der Waals surface area contributed by atoms with Gasteiger partial charge in [-0.25, -0.2) is 0 Å². The summed E-state index contributed by atoms with van der Waals surface area (Å²) in [5.41, 5.74) is 1.24. The van der Waals surface area contributed by atoms with Crippen molar-refractivity contribution in [3.8, 4) is 0 Å². The Labute approximate surface area is 98.2 Å². The second kappa shape index (κ2) is 4.49. The van der Waals surface area contributed by atoms with Gasteiger partial charge in [-0.15, -0.1) is 0 Å². The molecule has 0 bridgehead atoms. The van der Waals surface area contributed by atoms with E-state index in [1.165, 1.54) is 9.26 Å². The highest BCUT2D eigenvalue weighted by Gasteiger charge is 2.28. The molecule has 1 aromatic rings. The number of ether oxygens (including phenoxy) is 1. The maximum atomic E-state index is 5.24. The van der Waals surface area contributed by atoms with E-state index in [2.05, 4.69) is 52.2 Å². The minimum atomic E-state index is 0.467. The summed E-state index contributed by atoms with van der Waals surface area (Å²) in [4.78, 5) is 0. The molecule has 1 aromatic carbocycles. The first-order valence-electron chi connectivity index (χ1n) is 4.83. The highest BCUT2D eigenvalue weighted by atomic mass is 127. The van der Waals surface area contributed by atoms with Crippen LogP contribution in [0.2, 0.25) is 0 Å². The molecular weight excluding hydrogens is 289 g/mol. The zero-order valence-corrected chi connectivity index (χ0v) is 10.3. The molecule has 2 nitrogen and oxygen atoms in total. The number of anilines is 1. The van der Waals surface area contributed by atoms with E-state index in [4.69, 9.17) is 4.74 Å². The molecule has 0 aromatic heterocycles. The van der Waals surface area contributed by atoms with Crippen LogP contribution in [-0.4, -0.2) is 19.3 Å². The Kier molecular flexibility index (Phi) is 3.28. The number of rotatable bonds is 3. The van der Waals surface area contributed by atoms with Crippen molar-refractivity contribution >= 4 is 28.3 Å². The minimum absolute atomic E-state index is 0.467. The molecule has 1 N–H and O–H groups in total. The lowest BCUT2D eigenvalue weighted by atomic mass is 9.89. The predicted octanol–water partition coefficient (Wildman–Crippen LogP) is 2.88. The average Bonchev–Trinajstić information content (AvgIpc) is 2.13. The Morgan fingerprint density at radius 3 is 2.71 bits per heavy atom. The molecule has 1 saturated carbocycles. The lowest BCUT2D eigenvalue weighted by Crippen LogP contribution is -2.40. The van der Waals surface area contributed by atoms with Crippen LogP contribution in [-0.2, 0) is 4.74 Å². The first-order chi connectivity index (χ1) is 6.79. The van der Waals surface area contributed by atoms with Crippen LogP contribution in [0.3, 0.4) is 0 Å². The van der Waals surface area contributed by atoms with Gasteiger partial charge in [0.2, 0.25) is 0 Å². The third-order valence-corrected chi connectivity index (χ3v) is 3.60. The zero-order chi connectivity index (χ0) is 9.97. The van der Waals surface area contributed by atoms with E-state index in [9.17, 15) is 0 Å². The van der Waals surface area contributed by atoms with Gasteiger partial charge in [-0.05, 0) is 47.6 Å². The van der Waals surface area contributed by atoms with E-state index >= 15 is 0 Å². The third-order valence-electron chi connectivity index (χ3n) is 2.66. The van der Waals surface area contributed by atoms with E-state index in [1.54, 1.807) is 7.11 Å². The monoisotopic (exact) mass is 303 g/mol. The Hall–Kier alpha value is -0.290. The van der Waals surface area contributed by atoms with Crippen molar-refractivity contribution in [1.29, 1.82) is 0 Å². The van der Waals surface area contributed by atoms with Crippen LogP contribution in [0.5, 0.6) is 0 Å². The van der Waals surface area contributed by atoms with Gasteiger partial charge in [0.1, 0.15) is 0 Å². The van der Waals surface area contributed by atoms with Crippen LogP contribution in [0.15, 0.2) is 24.3 Å². The summed E-state index contributed by atoms with van der Waals surface area (Å²) in [6, 6.07) is 8.97. The summed E-state index contributed by atoms with van der Waals surface area (Å²) in [5, 5.41) is 3.52. The molecule has 76 valence electrons. The fraction of sp³-hybridized carbons (Fsp3) is 0.455. The fourth-order valence-corrected chi connectivity index (χ4v) is 2.22. The zero-order valence-electron chi connectivity index (χ0n) is 8.16. The predicted molar refractivity (Wildman–Crippen MR) is 66.6 cm³/mol. The van der Waals surface area contributed by atoms with Crippen molar-refractivity contribution in [1.82, 2.24) is 0 Å². The fourth-order valence-electron chi connectivity index (χ4n) is 1.67. The van der Waals surface area contributed by atoms with E-state index in [-0.39, 0.29) is 0 Å². The van der Waals surface area contributed by atoms with Gasteiger partial charge < -0.3 is 10.1 Å². The number of halogens is 1. The Bertz CT molecular complexity index is 310. The summed E-state index contributed by atoms with van der Waals surface area (Å²) in [5.74, 6) is 0. The molecule has 0 spiro atoms. The highest BCUT2D eigenvalue weighted by molar-refractivity contribution is 14.1. The van der Waals surface area contributed by atoms with Crippen LogP contribution in [0.1, 0.15) is 12.8 Å². The van der Waals surface area contributed by atoms with E-state index in [0.717, 1.165) is 12.8 Å². The summed E-state index contributed by atoms with van der Waals surface area (Å²) < 4.78 is 6.53. The van der Waals surface area contributed by atoms with Crippen molar-refractivity contribution in [2.45, 2.75) is 25.0 Å². The van der Waals surface area contributed by atoms with Gasteiger partial charge in [-0.3, -0.25) is 0 Å². The molecule has 1 aliphatic carbocycles. The van der Waals surface area contributed by atoms with Gasteiger partial charge in [0.25, 0.3) is 0 Å². The van der Waals surface area contributed by atoms with Gasteiger partial charge in [-0.1, -0.05) is 12.1 Å². The second-order valence-electron chi connectivity index (χ2n) is 3.65. The number of nitrogens with one attached hydrogen (secondary N) is 1. The molecule has 14 heavy (non-hydrogen) atoms. The van der Waals surface area contributed by atoms with Gasteiger partial charge in [0.05, 0.1) is 6.10 Å². The van der Waals surface area contributed by atoms with Crippen LogP contribution < -0.4 is 5.32 Å². The Morgan fingerprint density at radius 1 is 1.36 bits per heavy atom. The van der Waals surface area contributed by atoms with Crippen molar-refractivity contribution < 1.29 is 4.74 Å². The smallest absolute Gasteiger partial charge is 0.0610 e. The molecule has 2 rings (SSSR count). The molecular formula is C11H14INO. The van der Waals surface area contributed by atoms with Gasteiger partial charge in [0.15, 0.2) is 0 Å². The second-order valence-corrected chi connectivity index (χ2v) is 4.81. The molecule has 0 atom stereocenters. The van der Waals surface area contributed by atoms with Crippen LogP contribution in [0, 0.1) is 3.57 Å². The van der Waals surface area contributed by atoms with E-state index < -0.39 is 0 Å². The molecule has 0 amide bonds. The quantitative estimate of drug-likeness (QED) is 0.867. The van der Waals surface area contributed by atoms with E-state index in [0.29, 0.717) is 12.1 Å². The standard InChI is InChI=1S/C11H14INO/c1-14-9-6-8(7-9)13-11-5-3-2-4-10(11)12/h2-5,8-9,13H,6-7H2,1H3. The van der Waals surface area contributed by atoms with Crippen molar-refractivity contribution in [3.05, 3.63) is 27.8 Å². The van der Waals surface area contributed by atoms with Crippen molar-refractivity contribution in [2.24, 2.45) is 0 Å². The van der Waals surface area contributed by atoms with Gasteiger partial charge in [0, 0.05) is 22.4 Å². The van der Waals surface area contributed by atoms with Crippen molar-refractivity contribution in [2.75, 3.05) is 12.4 Å². The molecule has 0 saturated heterocycles. The van der Waals surface area contributed by atoms with Crippen molar-refractivity contribution in [3.63, 3.8) is 0 Å². The summed E-state index contributed by atoms with van der Waals surface area (Å²) in [6.07, 6.45) is 2.72. The van der Waals surface area contributed by atoms with Crippen LogP contribution in [0.25, 0.3) is 0 Å². The summed E-state index contributed by atoms with van der Waals surface area (Å²) in [6.45, 7) is 0. The maximum Gasteiger partial charge on any atom is 0.0610 e. The number of para-hydroxylation sites is 1. The molecule has 1 fully saturated rings. The molecule has 0 aliphatic heterocycles. The largest absolute Gasteiger partial charge is 0.381 e. The highest BCUT2D eigenvalue weighted by Crippen LogP contribution is 2.28. The summed E-state index contributed by atoms with van der Waals surface area (Å²) >= 11 is 2.35. The average molecular weight is 303 g/mol. The van der Waals surface area contributed by atoms with E-state index in [1.807, 2.05) is 0 Å². The number of benzene rings is 1. The molecule has 0 radical (unpaired) electrons. The Balaban J connectivity index is 1.90. The number of hydrogen-bond donors (Lipinski definition) is 1. The minimum Gasteiger partial charge on any atom is -0.381 e. The van der Waals surface area contributed by atoms with Crippen LogP contribution in [0.4, 0.5) is 5.69 Å². The topological polar surface area (TPSA) is 21.3 Å². The maximum absolute atomic E-state index is 5.24. The lowest BCUT2D eigenvalue weighted by Gasteiger charge is -2.35. The number of hydrogen-bond acceptors (Lipinski definition) is 2. The third kappa shape index (κ3) is 2.20. The first kappa shape index (κ1) is 10.2. The molecule has 0 unspecified atom stereocenters. The molecule has 3 heteroatoms. The molecule has 0 heterocycles. The van der Waals surface area contributed by atoms with Gasteiger partial charge in [-0.2, -0.15) is 0 Å². The SMILES string of the molecule is COC1CC(Nc2ccccc2I)C1. The van der Waals surface area contributed by atoms with Crippen LogP contribution >= 0.6 is 22.6 Å². The Morgan fingerprint density at radius 2 is 2.07 bits per heavy atom. The normalized spacial score (nSPS) is 25.6. The molecule has 1 aliphatic rings. The summed E-state index contributed by atoms with van der Waals surface area (Å²) in [7, 11) is 1.78. The first-order valence-corrected chi connectivity index (χ1v) is 5.91.